The van der Waals surface area contributed by atoms with Gasteiger partial charge in [-0.3, -0.25) is 19.3 Å². The van der Waals surface area contributed by atoms with E-state index in [0.717, 1.165) is 25.2 Å². The van der Waals surface area contributed by atoms with Crippen LogP contribution in [0.4, 0.5) is 0 Å². The van der Waals surface area contributed by atoms with Crippen molar-refractivity contribution < 1.29 is 23.8 Å². The Kier molecular flexibility index (Phi) is 6.88. The zero-order valence-corrected chi connectivity index (χ0v) is 20.9. The SMILES string of the molecule is COC(=O)CC(c1ccccc1OC)c1oc(CN2CC3CC(C2)c2cccc(=O)n2C3)cc(=O)c1O. The maximum absolute atomic E-state index is 12.8. The van der Waals surface area contributed by atoms with Gasteiger partial charge in [0.2, 0.25) is 11.2 Å². The maximum atomic E-state index is 12.8. The van der Waals surface area contributed by atoms with Crippen LogP contribution in [0.3, 0.4) is 0 Å². The minimum Gasteiger partial charge on any atom is -0.502 e. The molecule has 3 aromatic rings. The van der Waals surface area contributed by atoms with Crippen molar-refractivity contribution in [2.24, 2.45) is 5.92 Å². The highest BCUT2D eigenvalue weighted by atomic mass is 16.5. The average molecular weight is 507 g/mol. The van der Waals surface area contributed by atoms with Gasteiger partial charge in [-0.2, -0.15) is 0 Å². The normalized spacial score (nSPS) is 19.6. The van der Waals surface area contributed by atoms with Crippen LogP contribution in [0.25, 0.3) is 0 Å². The number of likely N-dealkylation sites (tertiary alicyclic amines) is 1. The molecule has 0 amide bonds. The number of piperidine rings is 1. The number of fused-ring (bicyclic) bond motifs is 4. The van der Waals surface area contributed by atoms with E-state index in [1.807, 2.05) is 10.6 Å². The Balaban J connectivity index is 1.47. The molecule has 3 unspecified atom stereocenters. The van der Waals surface area contributed by atoms with Crippen molar-refractivity contribution in [3.05, 3.63) is 91.9 Å². The second-order valence-electron chi connectivity index (χ2n) is 9.76. The first-order valence-electron chi connectivity index (χ1n) is 12.4. The van der Waals surface area contributed by atoms with Crippen molar-refractivity contribution in [2.45, 2.75) is 37.8 Å². The number of esters is 1. The van der Waals surface area contributed by atoms with Crippen LogP contribution >= 0.6 is 0 Å². The number of hydrogen-bond donors (Lipinski definition) is 1. The van der Waals surface area contributed by atoms with Gasteiger partial charge in [0, 0.05) is 48.9 Å². The number of methoxy groups -OCH3 is 2. The number of pyridine rings is 1. The number of ether oxygens (including phenoxy) is 2. The molecule has 1 fully saturated rings. The molecule has 5 rings (SSSR count). The van der Waals surface area contributed by atoms with Crippen LogP contribution in [0.1, 0.15) is 47.5 Å². The lowest BCUT2D eigenvalue weighted by Crippen LogP contribution is -2.46. The van der Waals surface area contributed by atoms with Gasteiger partial charge in [0.05, 0.1) is 33.1 Å². The third-order valence-corrected chi connectivity index (χ3v) is 7.36. The lowest BCUT2D eigenvalue weighted by Gasteiger charge is -2.42. The molecule has 0 spiro atoms. The van der Waals surface area contributed by atoms with Crippen molar-refractivity contribution >= 4 is 5.97 Å². The Morgan fingerprint density at radius 3 is 2.70 bits per heavy atom. The van der Waals surface area contributed by atoms with E-state index < -0.39 is 23.1 Å². The third-order valence-electron chi connectivity index (χ3n) is 7.36. The van der Waals surface area contributed by atoms with Gasteiger partial charge in [-0.15, -0.1) is 0 Å². The average Bonchev–Trinajstić information content (AvgIpc) is 2.90. The lowest BCUT2D eigenvalue weighted by atomic mass is 9.83. The van der Waals surface area contributed by atoms with Crippen molar-refractivity contribution in [3.8, 4) is 11.5 Å². The quantitative estimate of drug-likeness (QED) is 0.487. The third kappa shape index (κ3) is 4.91. The Hall–Kier alpha value is -3.85. The molecule has 2 aliphatic rings. The maximum Gasteiger partial charge on any atom is 0.306 e. The van der Waals surface area contributed by atoms with Crippen LogP contribution in [-0.4, -0.2) is 47.9 Å². The molecule has 37 heavy (non-hydrogen) atoms. The molecule has 0 aliphatic carbocycles. The Labute approximate surface area is 213 Å². The summed E-state index contributed by atoms with van der Waals surface area (Å²) in [5.74, 6) is -0.397. The zero-order chi connectivity index (χ0) is 26.1. The summed E-state index contributed by atoms with van der Waals surface area (Å²) in [6.45, 7) is 2.51. The highest BCUT2D eigenvalue weighted by molar-refractivity contribution is 5.71. The number of carbonyl (C=O) groups is 1. The largest absolute Gasteiger partial charge is 0.502 e. The summed E-state index contributed by atoms with van der Waals surface area (Å²) in [5.41, 5.74) is 1.09. The fourth-order valence-corrected chi connectivity index (χ4v) is 5.76. The molecule has 2 aliphatic heterocycles. The lowest BCUT2D eigenvalue weighted by molar-refractivity contribution is -0.140. The van der Waals surface area contributed by atoms with Gasteiger partial charge in [-0.05, 0) is 24.5 Å². The predicted molar refractivity (Wildman–Crippen MR) is 135 cm³/mol. The molecule has 9 heteroatoms. The molecular formula is C28H30N2O7. The fraction of sp³-hybridized carbons (Fsp3) is 0.393. The first-order valence-corrected chi connectivity index (χ1v) is 12.4. The number of para-hydroxylation sites is 1. The standard InChI is InChI=1S/C28H30N2O7/c1-35-24-8-4-3-6-20(24)21(12-26(33)36-2)28-27(34)23(31)11-19(37-28)16-29-13-17-10-18(15-29)22-7-5-9-25(32)30(22)14-17/h3-9,11,17-18,21,34H,10,12-16H2,1-2H3. The number of hydrogen-bond acceptors (Lipinski definition) is 8. The molecule has 4 heterocycles. The Morgan fingerprint density at radius 1 is 1.11 bits per heavy atom. The van der Waals surface area contributed by atoms with Crippen LogP contribution in [0.2, 0.25) is 0 Å². The molecule has 1 aromatic carbocycles. The molecule has 9 nitrogen and oxygen atoms in total. The van der Waals surface area contributed by atoms with Gasteiger partial charge in [0.1, 0.15) is 11.5 Å². The van der Waals surface area contributed by atoms with Crippen molar-refractivity contribution in [3.63, 3.8) is 0 Å². The van der Waals surface area contributed by atoms with Gasteiger partial charge >= 0.3 is 5.97 Å². The van der Waals surface area contributed by atoms with Crippen molar-refractivity contribution in [2.75, 3.05) is 27.3 Å². The van der Waals surface area contributed by atoms with E-state index in [2.05, 4.69) is 4.90 Å². The summed E-state index contributed by atoms with van der Waals surface area (Å²) in [4.78, 5) is 39.7. The number of nitrogens with zero attached hydrogens (tertiary/aromatic N) is 2. The molecule has 2 aromatic heterocycles. The van der Waals surface area contributed by atoms with Gasteiger partial charge in [0.15, 0.2) is 5.76 Å². The second kappa shape index (κ2) is 10.3. The highest BCUT2D eigenvalue weighted by Crippen LogP contribution is 2.39. The van der Waals surface area contributed by atoms with Crippen molar-refractivity contribution in [1.29, 1.82) is 0 Å². The minimum absolute atomic E-state index is 0.00602. The zero-order valence-electron chi connectivity index (χ0n) is 20.9. The van der Waals surface area contributed by atoms with E-state index in [-0.39, 0.29) is 23.7 Å². The number of rotatable bonds is 7. The fourth-order valence-electron chi connectivity index (χ4n) is 5.76. The summed E-state index contributed by atoms with van der Waals surface area (Å²) < 4.78 is 18.4. The van der Waals surface area contributed by atoms with Gasteiger partial charge in [-0.1, -0.05) is 24.3 Å². The molecule has 0 radical (unpaired) electrons. The molecule has 1 saturated heterocycles. The number of aromatic hydroxyl groups is 1. The van der Waals surface area contributed by atoms with E-state index in [0.29, 0.717) is 36.1 Å². The Bertz CT molecular complexity index is 1430. The Morgan fingerprint density at radius 2 is 1.92 bits per heavy atom. The molecule has 1 N–H and O–H groups in total. The number of aromatic nitrogens is 1. The van der Waals surface area contributed by atoms with E-state index in [4.69, 9.17) is 13.9 Å². The number of benzene rings is 1. The topological polar surface area (TPSA) is 111 Å². The van der Waals surface area contributed by atoms with Crippen LogP contribution in [0, 0.1) is 5.92 Å². The monoisotopic (exact) mass is 506 g/mol. The van der Waals surface area contributed by atoms with E-state index in [1.165, 1.54) is 20.3 Å². The van der Waals surface area contributed by atoms with Crippen LogP contribution in [-0.2, 0) is 22.6 Å². The summed E-state index contributed by atoms with van der Waals surface area (Å²) in [5, 5.41) is 10.7. The first-order chi connectivity index (χ1) is 17.9. The van der Waals surface area contributed by atoms with E-state index >= 15 is 0 Å². The van der Waals surface area contributed by atoms with Gasteiger partial charge in [0.25, 0.3) is 5.56 Å². The smallest absolute Gasteiger partial charge is 0.306 e. The summed E-state index contributed by atoms with van der Waals surface area (Å²) in [6.07, 6.45) is 0.871. The first kappa shape index (κ1) is 24.8. The molecule has 194 valence electrons. The summed E-state index contributed by atoms with van der Waals surface area (Å²) in [7, 11) is 2.80. The van der Waals surface area contributed by atoms with Crippen molar-refractivity contribution in [1.82, 2.24) is 9.47 Å². The molecule has 0 saturated carbocycles. The molecular weight excluding hydrogens is 476 g/mol. The van der Waals surface area contributed by atoms with E-state index in [1.54, 1.807) is 36.4 Å². The minimum atomic E-state index is -0.782. The van der Waals surface area contributed by atoms with Crippen LogP contribution in [0.15, 0.2) is 62.5 Å². The predicted octanol–water partition coefficient (Wildman–Crippen LogP) is 2.83. The molecule has 3 atom stereocenters. The highest BCUT2D eigenvalue weighted by Gasteiger charge is 2.35. The molecule has 2 bridgehead atoms. The van der Waals surface area contributed by atoms with Gasteiger partial charge in [-0.25, -0.2) is 0 Å². The van der Waals surface area contributed by atoms with Crippen LogP contribution < -0.4 is 15.7 Å². The van der Waals surface area contributed by atoms with Gasteiger partial charge < -0.3 is 23.6 Å². The summed E-state index contributed by atoms with van der Waals surface area (Å²) in [6, 6.07) is 13.8. The van der Waals surface area contributed by atoms with Crippen LogP contribution in [0.5, 0.6) is 11.5 Å². The van der Waals surface area contributed by atoms with E-state index in [9.17, 15) is 19.5 Å². The number of carbonyl (C=O) groups excluding carboxylic acids is 1. The summed E-state index contributed by atoms with van der Waals surface area (Å²) >= 11 is 0. The second-order valence-corrected chi connectivity index (χ2v) is 9.76.